The third-order valence-electron chi connectivity index (χ3n) is 8.11. The molecule has 2 bridgehead atoms. The second-order valence-electron chi connectivity index (χ2n) is 10.9. The normalized spacial score (nSPS) is 17.1. The molecular weight excluding hydrogens is 571 g/mol. The number of benzene rings is 3. The molecule has 2 atom stereocenters. The molecule has 220 valence electrons. The van der Waals surface area contributed by atoms with E-state index >= 15 is 0 Å². The number of ether oxygens (including phenoxy) is 1. The summed E-state index contributed by atoms with van der Waals surface area (Å²) < 4.78 is 21.7. The summed E-state index contributed by atoms with van der Waals surface area (Å²) in [5.41, 5.74) is 3.10. The van der Waals surface area contributed by atoms with E-state index in [1.807, 2.05) is 22.8 Å². The number of piperidine rings is 1. The molecule has 3 heterocycles. The number of halogens is 2. The molecule has 0 radical (unpaired) electrons. The lowest BCUT2D eigenvalue weighted by atomic mass is 9.83. The summed E-state index contributed by atoms with van der Waals surface area (Å²) in [5, 5.41) is 5.96. The van der Waals surface area contributed by atoms with Gasteiger partial charge in [-0.2, -0.15) is 0 Å². The average Bonchev–Trinajstić information content (AvgIpc) is 3.00. The molecule has 0 aliphatic carbocycles. The van der Waals surface area contributed by atoms with Gasteiger partial charge in [0.25, 0.3) is 11.5 Å². The molecule has 6 rings (SSSR count). The van der Waals surface area contributed by atoms with Crippen molar-refractivity contribution in [1.29, 1.82) is 0 Å². The number of aromatic nitrogens is 1. The monoisotopic (exact) mass is 600 g/mol. The van der Waals surface area contributed by atoms with Crippen LogP contribution in [-0.2, 0) is 17.8 Å². The van der Waals surface area contributed by atoms with Crippen LogP contribution in [0.4, 0.5) is 21.5 Å². The van der Waals surface area contributed by atoms with Crippen molar-refractivity contribution >= 4 is 40.5 Å². The van der Waals surface area contributed by atoms with E-state index in [1.165, 1.54) is 25.3 Å². The Morgan fingerprint density at radius 2 is 1.77 bits per heavy atom. The number of nitrogens with zero attached hydrogens (tertiary/aromatic N) is 2. The van der Waals surface area contributed by atoms with Crippen molar-refractivity contribution in [3.05, 3.63) is 117 Å². The highest BCUT2D eigenvalue weighted by Crippen LogP contribution is 2.39. The van der Waals surface area contributed by atoms with E-state index in [1.54, 1.807) is 42.5 Å². The first-order valence-electron chi connectivity index (χ1n) is 14.1. The zero-order chi connectivity index (χ0) is 30.1. The summed E-state index contributed by atoms with van der Waals surface area (Å²) in [6, 6.07) is 21.9. The van der Waals surface area contributed by atoms with Crippen molar-refractivity contribution in [3.8, 4) is 5.75 Å². The van der Waals surface area contributed by atoms with Crippen LogP contribution in [0, 0.1) is 11.7 Å². The van der Waals surface area contributed by atoms with Crippen molar-refractivity contribution in [3.63, 3.8) is 0 Å². The summed E-state index contributed by atoms with van der Waals surface area (Å²) in [6.45, 7) is 1.93. The molecule has 3 aromatic carbocycles. The number of methoxy groups -OCH3 is 1. The van der Waals surface area contributed by atoms with Crippen molar-refractivity contribution in [1.82, 2.24) is 4.57 Å². The second kappa shape index (κ2) is 11.9. The fraction of sp³-hybridized carbons (Fsp3) is 0.242. The molecule has 1 aromatic heterocycles. The summed E-state index contributed by atoms with van der Waals surface area (Å²) >= 11 is 6.19. The van der Waals surface area contributed by atoms with Gasteiger partial charge < -0.3 is 24.8 Å². The maximum Gasteiger partial charge on any atom is 0.255 e. The number of pyridine rings is 1. The Bertz CT molecular complexity index is 1750. The van der Waals surface area contributed by atoms with E-state index < -0.39 is 11.7 Å². The van der Waals surface area contributed by atoms with Gasteiger partial charge in [-0.3, -0.25) is 14.4 Å². The van der Waals surface area contributed by atoms with Gasteiger partial charge in [0.05, 0.1) is 30.6 Å². The van der Waals surface area contributed by atoms with E-state index in [0.717, 1.165) is 17.8 Å². The standard InChI is InChI=1S/C33H30ClFN4O4/c1-43-30-10-3-2-8-26(30)37-33(42)21-12-13-29(27(15-21)36-31(40)16-23-24(34)6-4-7-25(23)35)38-17-20-14-22(19-38)28-9-5-11-32(41)39(28)18-20/h2-13,15,20,22H,14,16-19H2,1H3,(H,36,40)(H,37,42). The van der Waals surface area contributed by atoms with Crippen LogP contribution in [0.5, 0.6) is 5.75 Å². The van der Waals surface area contributed by atoms with Crippen LogP contribution in [0.1, 0.15) is 34.0 Å². The van der Waals surface area contributed by atoms with Gasteiger partial charge in [-0.15, -0.1) is 0 Å². The molecule has 1 fully saturated rings. The largest absolute Gasteiger partial charge is 0.495 e. The van der Waals surface area contributed by atoms with Gasteiger partial charge in [-0.05, 0) is 60.9 Å². The SMILES string of the molecule is COc1ccccc1NC(=O)c1ccc(N2CC3CC(C2)c2cccc(=O)n2C3)c(NC(=O)Cc2c(F)cccc2Cl)c1. The number of carbonyl (C=O) groups excluding carboxylic acids is 2. The molecule has 10 heteroatoms. The fourth-order valence-electron chi connectivity index (χ4n) is 6.14. The molecule has 2 unspecified atom stereocenters. The Kier molecular flexibility index (Phi) is 7.90. The predicted molar refractivity (Wildman–Crippen MR) is 165 cm³/mol. The van der Waals surface area contributed by atoms with Gasteiger partial charge in [0.2, 0.25) is 5.91 Å². The zero-order valence-corrected chi connectivity index (χ0v) is 24.2. The highest BCUT2D eigenvalue weighted by atomic mass is 35.5. The highest BCUT2D eigenvalue weighted by molar-refractivity contribution is 6.31. The number of para-hydroxylation sites is 2. The Balaban J connectivity index is 1.32. The van der Waals surface area contributed by atoms with E-state index in [-0.39, 0.29) is 40.3 Å². The number of anilines is 3. The van der Waals surface area contributed by atoms with E-state index in [9.17, 15) is 18.8 Å². The molecule has 43 heavy (non-hydrogen) atoms. The molecule has 8 nitrogen and oxygen atoms in total. The number of nitrogens with one attached hydrogen (secondary N) is 2. The lowest BCUT2D eigenvalue weighted by Crippen LogP contribution is -2.47. The number of amides is 2. The van der Waals surface area contributed by atoms with Crippen LogP contribution in [0.25, 0.3) is 0 Å². The minimum Gasteiger partial charge on any atom is -0.495 e. The van der Waals surface area contributed by atoms with E-state index in [4.69, 9.17) is 16.3 Å². The topological polar surface area (TPSA) is 92.7 Å². The Morgan fingerprint density at radius 1 is 0.953 bits per heavy atom. The predicted octanol–water partition coefficient (Wildman–Crippen LogP) is 5.71. The molecule has 2 aliphatic rings. The average molecular weight is 601 g/mol. The number of hydrogen-bond acceptors (Lipinski definition) is 5. The van der Waals surface area contributed by atoms with Crippen LogP contribution in [0.3, 0.4) is 0 Å². The number of carbonyl (C=O) groups is 2. The molecule has 0 spiro atoms. The number of fused-ring (bicyclic) bond motifs is 4. The number of hydrogen-bond donors (Lipinski definition) is 2. The Labute approximate surface area is 253 Å². The molecular formula is C33H30ClFN4O4. The van der Waals surface area contributed by atoms with Crippen LogP contribution < -0.4 is 25.8 Å². The van der Waals surface area contributed by atoms with Crippen molar-refractivity contribution in [2.24, 2.45) is 5.92 Å². The molecule has 0 saturated carbocycles. The van der Waals surface area contributed by atoms with E-state index in [2.05, 4.69) is 15.5 Å². The van der Waals surface area contributed by atoms with Crippen LogP contribution in [-0.4, -0.2) is 36.6 Å². The lowest BCUT2D eigenvalue weighted by Gasteiger charge is -2.44. The summed E-state index contributed by atoms with van der Waals surface area (Å²) in [5.74, 6) is -0.527. The third-order valence-corrected chi connectivity index (χ3v) is 8.46. The van der Waals surface area contributed by atoms with Gasteiger partial charge in [0, 0.05) is 53.5 Å². The molecule has 1 saturated heterocycles. The van der Waals surface area contributed by atoms with Crippen molar-refractivity contribution in [2.45, 2.75) is 25.3 Å². The Morgan fingerprint density at radius 3 is 2.58 bits per heavy atom. The summed E-state index contributed by atoms with van der Waals surface area (Å²) in [6.07, 6.45) is 0.691. The van der Waals surface area contributed by atoms with Crippen LogP contribution >= 0.6 is 11.6 Å². The maximum atomic E-state index is 14.5. The minimum atomic E-state index is -0.564. The van der Waals surface area contributed by atoms with Gasteiger partial charge in [-0.25, -0.2) is 4.39 Å². The smallest absolute Gasteiger partial charge is 0.255 e. The van der Waals surface area contributed by atoms with Crippen LogP contribution in [0.15, 0.2) is 83.7 Å². The molecule has 2 N–H and O–H groups in total. The van der Waals surface area contributed by atoms with Gasteiger partial charge >= 0.3 is 0 Å². The Hall–Kier alpha value is -4.63. The van der Waals surface area contributed by atoms with Crippen molar-refractivity contribution < 1.29 is 18.7 Å². The van der Waals surface area contributed by atoms with E-state index in [0.29, 0.717) is 42.3 Å². The second-order valence-corrected chi connectivity index (χ2v) is 11.3. The van der Waals surface area contributed by atoms with Crippen LogP contribution in [0.2, 0.25) is 5.02 Å². The molecule has 2 aliphatic heterocycles. The fourth-order valence-corrected chi connectivity index (χ4v) is 6.37. The summed E-state index contributed by atoms with van der Waals surface area (Å²) in [7, 11) is 1.53. The van der Waals surface area contributed by atoms with Gasteiger partial charge in [0.1, 0.15) is 11.6 Å². The zero-order valence-electron chi connectivity index (χ0n) is 23.5. The van der Waals surface area contributed by atoms with Gasteiger partial charge in [-0.1, -0.05) is 35.9 Å². The quantitative estimate of drug-likeness (QED) is 0.284. The first-order chi connectivity index (χ1) is 20.8. The van der Waals surface area contributed by atoms with Crippen molar-refractivity contribution in [2.75, 3.05) is 35.7 Å². The minimum absolute atomic E-state index is 0.00539. The third kappa shape index (κ3) is 5.85. The first kappa shape index (κ1) is 28.5. The van der Waals surface area contributed by atoms with Gasteiger partial charge in [0.15, 0.2) is 0 Å². The maximum absolute atomic E-state index is 14.5. The highest BCUT2D eigenvalue weighted by Gasteiger charge is 2.35. The lowest BCUT2D eigenvalue weighted by molar-refractivity contribution is -0.115. The molecule has 4 aromatic rings. The number of rotatable bonds is 7. The summed E-state index contributed by atoms with van der Waals surface area (Å²) in [4.78, 5) is 41.3. The first-order valence-corrected chi connectivity index (χ1v) is 14.4. The molecule has 2 amide bonds.